The van der Waals surface area contributed by atoms with Crippen LogP contribution in [0.5, 0.6) is 0 Å². The van der Waals surface area contributed by atoms with Gasteiger partial charge in [-0.05, 0) is 51.1 Å². The Morgan fingerprint density at radius 2 is 1.76 bits per heavy atom. The molecule has 2 nitrogen and oxygen atoms in total. The fraction of sp³-hybridized carbons (Fsp3) is 1.00. The van der Waals surface area contributed by atoms with Gasteiger partial charge in [-0.25, -0.2) is 0 Å². The Hall–Kier alpha value is -0.0800. The first-order valence-corrected chi connectivity index (χ1v) is 7.49. The van der Waals surface area contributed by atoms with Gasteiger partial charge in [-0.15, -0.1) is 0 Å². The first kappa shape index (κ1) is 16.9. The van der Waals surface area contributed by atoms with Crippen LogP contribution in [0.4, 0.5) is 0 Å². The third-order valence-corrected chi connectivity index (χ3v) is 3.64. The van der Waals surface area contributed by atoms with Crippen LogP contribution in [0.25, 0.3) is 0 Å². The van der Waals surface area contributed by atoms with Crippen LogP contribution in [0.1, 0.15) is 60.3 Å². The molecule has 0 aliphatic heterocycles. The molecule has 0 spiro atoms. The van der Waals surface area contributed by atoms with E-state index in [1.165, 1.54) is 38.8 Å². The van der Waals surface area contributed by atoms with E-state index in [1.54, 1.807) is 0 Å². The van der Waals surface area contributed by atoms with E-state index < -0.39 is 0 Å². The summed E-state index contributed by atoms with van der Waals surface area (Å²) in [6, 6.07) is 0.697. The van der Waals surface area contributed by atoms with Crippen LogP contribution in [0.2, 0.25) is 0 Å². The van der Waals surface area contributed by atoms with Gasteiger partial charge in [0.25, 0.3) is 0 Å². The second kappa shape index (κ2) is 9.90. The van der Waals surface area contributed by atoms with Crippen LogP contribution in [0.15, 0.2) is 0 Å². The highest BCUT2D eigenvalue weighted by Gasteiger charge is 2.17. The molecule has 0 fully saturated rings. The number of hydrogen-bond acceptors (Lipinski definition) is 2. The fourth-order valence-corrected chi connectivity index (χ4v) is 2.35. The lowest BCUT2D eigenvalue weighted by atomic mass is 9.96. The largest absolute Gasteiger partial charge is 0.330 e. The van der Waals surface area contributed by atoms with Crippen molar-refractivity contribution in [3.8, 4) is 0 Å². The van der Waals surface area contributed by atoms with Crippen LogP contribution in [-0.2, 0) is 0 Å². The summed E-state index contributed by atoms with van der Waals surface area (Å²) in [6.45, 7) is 14.7. The molecule has 0 saturated heterocycles. The van der Waals surface area contributed by atoms with Gasteiger partial charge in [0.05, 0.1) is 0 Å². The van der Waals surface area contributed by atoms with Gasteiger partial charge in [-0.2, -0.15) is 0 Å². The Bertz CT molecular complexity index is 168. The van der Waals surface area contributed by atoms with Crippen molar-refractivity contribution in [2.45, 2.75) is 66.3 Å². The van der Waals surface area contributed by atoms with E-state index >= 15 is 0 Å². The summed E-state index contributed by atoms with van der Waals surface area (Å²) in [7, 11) is 0. The Morgan fingerprint density at radius 3 is 2.18 bits per heavy atom. The van der Waals surface area contributed by atoms with Crippen LogP contribution < -0.4 is 5.73 Å². The zero-order valence-electron chi connectivity index (χ0n) is 12.7. The number of nitrogens with zero attached hydrogens (tertiary/aromatic N) is 1. The van der Waals surface area contributed by atoms with E-state index in [9.17, 15) is 0 Å². The molecule has 2 atom stereocenters. The topological polar surface area (TPSA) is 29.3 Å². The first-order valence-electron chi connectivity index (χ1n) is 7.49. The van der Waals surface area contributed by atoms with E-state index in [0.717, 1.165) is 12.5 Å². The van der Waals surface area contributed by atoms with E-state index in [2.05, 4.69) is 39.5 Å². The van der Waals surface area contributed by atoms with E-state index in [1.807, 2.05) is 0 Å². The molecule has 0 aromatic rings. The van der Waals surface area contributed by atoms with E-state index in [-0.39, 0.29) is 0 Å². The summed E-state index contributed by atoms with van der Waals surface area (Å²) in [5.41, 5.74) is 5.91. The summed E-state index contributed by atoms with van der Waals surface area (Å²) in [6.07, 6.45) is 5.09. The summed E-state index contributed by atoms with van der Waals surface area (Å²) in [4.78, 5) is 2.64. The van der Waals surface area contributed by atoms with Crippen molar-refractivity contribution in [2.24, 2.45) is 17.6 Å². The molecule has 0 amide bonds. The third kappa shape index (κ3) is 7.77. The number of unbranched alkanes of at least 4 members (excludes halogenated alkanes) is 1. The van der Waals surface area contributed by atoms with Crippen molar-refractivity contribution in [2.75, 3.05) is 19.6 Å². The van der Waals surface area contributed by atoms with Gasteiger partial charge in [-0.1, -0.05) is 34.1 Å². The molecule has 0 aliphatic rings. The zero-order chi connectivity index (χ0) is 13.3. The van der Waals surface area contributed by atoms with Crippen molar-refractivity contribution >= 4 is 0 Å². The lowest BCUT2D eigenvalue weighted by Gasteiger charge is -2.32. The molecule has 2 unspecified atom stereocenters. The minimum atomic E-state index is 0.667. The molecule has 0 aromatic carbocycles. The predicted octanol–water partition coefficient (Wildman–Crippen LogP) is 3.51. The third-order valence-electron chi connectivity index (χ3n) is 3.64. The molecular weight excluding hydrogens is 208 g/mol. The summed E-state index contributed by atoms with van der Waals surface area (Å²) < 4.78 is 0. The van der Waals surface area contributed by atoms with Crippen LogP contribution in [0, 0.1) is 11.8 Å². The highest BCUT2D eigenvalue weighted by atomic mass is 15.1. The molecule has 0 saturated carbocycles. The first-order chi connectivity index (χ1) is 8.04. The lowest BCUT2D eigenvalue weighted by molar-refractivity contribution is 0.162. The van der Waals surface area contributed by atoms with Gasteiger partial charge < -0.3 is 10.6 Å². The molecule has 0 heterocycles. The van der Waals surface area contributed by atoms with Gasteiger partial charge >= 0.3 is 0 Å². The van der Waals surface area contributed by atoms with Gasteiger partial charge in [0.1, 0.15) is 0 Å². The lowest BCUT2D eigenvalue weighted by Crippen LogP contribution is -2.39. The second-order valence-electron chi connectivity index (χ2n) is 5.84. The highest BCUT2D eigenvalue weighted by molar-refractivity contribution is 4.72. The smallest absolute Gasteiger partial charge is 0.00644 e. The van der Waals surface area contributed by atoms with Crippen LogP contribution in [-0.4, -0.2) is 30.6 Å². The average molecular weight is 242 g/mol. The maximum absolute atomic E-state index is 5.91. The molecule has 0 bridgehead atoms. The fourth-order valence-electron chi connectivity index (χ4n) is 2.35. The quantitative estimate of drug-likeness (QED) is 0.635. The van der Waals surface area contributed by atoms with Crippen molar-refractivity contribution in [1.82, 2.24) is 4.90 Å². The summed E-state index contributed by atoms with van der Waals surface area (Å²) in [5, 5.41) is 0. The SMILES string of the molecule is CCCCN(CC(CN)CC(C)C)C(C)CC. The van der Waals surface area contributed by atoms with Crippen molar-refractivity contribution in [1.29, 1.82) is 0 Å². The Morgan fingerprint density at radius 1 is 1.12 bits per heavy atom. The maximum atomic E-state index is 5.91. The minimum Gasteiger partial charge on any atom is -0.330 e. The number of hydrogen-bond donors (Lipinski definition) is 1. The van der Waals surface area contributed by atoms with Crippen LogP contribution in [0.3, 0.4) is 0 Å². The Kier molecular flexibility index (Phi) is 9.85. The van der Waals surface area contributed by atoms with Gasteiger partial charge in [0.2, 0.25) is 0 Å². The molecule has 2 heteroatoms. The summed E-state index contributed by atoms with van der Waals surface area (Å²) in [5.74, 6) is 1.43. The molecule has 2 N–H and O–H groups in total. The van der Waals surface area contributed by atoms with Crippen molar-refractivity contribution < 1.29 is 0 Å². The van der Waals surface area contributed by atoms with Gasteiger partial charge in [0.15, 0.2) is 0 Å². The highest BCUT2D eigenvalue weighted by Crippen LogP contribution is 2.15. The zero-order valence-corrected chi connectivity index (χ0v) is 12.7. The normalized spacial score (nSPS) is 15.5. The molecule has 17 heavy (non-hydrogen) atoms. The van der Waals surface area contributed by atoms with Crippen molar-refractivity contribution in [3.05, 3.63) is 0 Å². The molecule has 0 rings (SSSR count). The Labute approximate surface area is 109 Å². The molecule has 0 radical (unpaired) electrons. The van der Waals surface area contributed by atoms with E-state index in [4.69, 9.17) is 5.73 Å². The maximum Gasteiger partial charge on any atom is 0.00644 e. The minimum absolute atomic E-state index is 0.667. The van der Waals surface area contributed by atoms with Gasteiger partial charge in [-0.3, -0.25) is 0 Å². The van der Waals surface area contributed by atoms with E-state index in [0.29, 0.717) is 12.0 Å². The molecule has 104 valence electrons. The Balaban J connectivity index is 4.26. The summed E-state index contributed by atoms with van der Waals surface area (Å²) >= 11 is 0. The standard InChI is InChI=1S/C15H34N2/c1-6-8-9-17(14(5)7-2)12-15(11-16)10-13(3)4/h13-15H,6-12,16H2,1-5H3. The monoisotopic (exact) mass is 242 g/mol. The number of rotatable bonds is 10. The van der Waals surface area contributed by atoms with Crippen molar-refractivity contribution in [3.63, 3.8) is 0 Å². The number of nitrogens with two attached hydrogens (primary N) is 1. The average Bonchev–Trinajstić information content (AvgIpc) is 2.31. The predicted molar refractivity (Wildman–Crippen MR) is 78.2 cm³/mol. The second-order valence-corrected chi connectivity index (χ2v) is 5.84. The van der Waals surface area contributed by atoms with Crippen LogP contribution >= 0.6 is 0 Å². The molecule has 0 aliphatic carbocycles. The van der Waals surface area contributed by atoms with Gasteiger partial charge in [0, 0.05) is 12.6 Å². The molecular formula is C15H34N2. The molecule has 0 aromatic heterocycles.